The highest BCUT2D eigenvalue weighted by molar-refractivity contribution is 6.67. The van der Waals surface area contributed by atoms with Gasteiger partial charge in [0.05, 0.1) is 13.3 Å². The normalized spacial score (nSPS) is 12.0. The number of hydrogen-bond donors (Lipinski definition) is 1. The summed E-state index contributed by atoms with van der Waals surface area (Å²) in [7, 11) is 0. The number of ether oxygens (including phenoxy) is 1. The molecule has 0 unspecified atom stereocenters. The Morgan fingerprint density at radius 3 is 2.00 bits per heavy atom. The van der Waals surface area contributed by atoms with E-state index in [9.17, 15) is 0 Å². The van der Waals surface area contributed by atoms with Crippen LogP contribution in [-0.2, 0) is 4.74 Å². The SMILES string of the molecule is NCOCC(Cl)(Cl)Cl. The second kappa shape index (κ2) is 3.75. The summed E-state index contributed by atoms with van der Waals surface area (Å²) in [5.74, 6) is 0. The zero-order chi connectivity index (χ0) is 6.62. The van der Waals surface area contributed by atoms with Gasteiger partial charge in [0.2, 0.25) is 3.79 Å². The molecule has 5 heteroatoms. The van der Waals surface area contributed by atoms with Crippen molar-refractivity contribution in [2.24, 2.45) is 5.73 Å². The van der Waals surface area contributed by atoms with Crippen molar-refractivity contribution in [1.29, 1.82) is 0 Å². The van der Waals surface area contributed by atoms with Gasteiger partial charge in [-0.2, -0.15) is 0 Å². The Morgan fingerprint density at radius 1 is 1.38 bits per heavy atom. The van der Waals surface area contributed by atoms with Crippen molar-refractivity contribution in [3.8, 4) is 0 Å². The van der Waals surface area contributed by atoms with E-state index in [2.05, 4.69) is 4.74 Å². The van der Waals surface area contributed by atoms with E-state index in [-0.39, 0.29) is 13.3 Å². The van der Waals surface area contributed by atoms with E-state index in [0.29, 0.717) is 0 Å². The zero-order valence-corrected chi connectivity index (χ0v) is 6.30. The van der Waals surface area contributed by atoms with Crippen LogP contribution in [0.5, 0.6) is 0 Å². The van der Waals surface area contributed by atoms with Crippen LogP contribution in [0, 0.1) is 0 Å². The molecule has 0 saturated carbocycles. The third kappa shape index (κ3) is 6.79. The summed E-state index contributed by atoms with van der Waals surface area (Å²) in [6.45, 7) is 0.113. The summed E-state index contributed by atoms with van der Waals surface area (Å²) in [5, 5.41) is 0. The van der Waals surface area contributed by atoms with Crippen molar-refractivity contribution in [2.45, 2.75) is 3.79 Å². The average Bonchev–Trinajstić information content (AvgIpc) is 1.59. The molecule has 0 aliphatic rings. The average molecular weight is 178 g/mol. The summed E-state index contributed by atoms with van der Waals surface area (Å²) in [6.07, 6.45) is 0. The maximum atomic E-state index is 5.26. The Kier molecular flexibility index (Phi) is 4.12. The van der Waals surface area contributed by atoms with Gasteiger partial charge < -0.3 is 10.5 Å². The van der Waals surface area contributed by atoms with Crippen LogP contribution in [0.4, 0.5) is 0 Å². The predicted molar refractivity (Wildman–Crippen MR) is 35.3 cm³/mol. The smallest absolute Gasteiger partial charge is 0.213 e. The lowest BCUT2D eigenvalue weighted by Gasteiger charge is -2.08. The van der Waals surface area contributed by atoms with Crippen molar-refractivity contribution in [2.75, 3.05) is 13.3 Å². The number of halogens is 3. The van der Waals surface area contributed by atoms with Crippen LogP contribution < -0.4 is 5.73 Å². The quantitative estimate of drug-likeness (QED) is 0.511. The molecule has 0 aromatic heterocycles. The van der Waals surface area contributed by atoms with E-state index >= 15 is 0 Å². The standard InChI is InChI=1S/C3H6Cl3NO/c4-3(5,6)1-8-2-7/h1-2,7H2. The summed E-state index contributed by atoms with van der Waals surface area (Å²) >= 11 is 15.8. The maximum absolute atomic E-state index is 5.26. The predicted octanol–water partition coefficient (Wildman–Crippen LogP) is 1.29. The molecular weight excluding hydrogens is 172 g/mol. The third-order valence-electron chi connectivity index (χ3n) is 0.384. The van der Waals surface area contributed by atoms with Gasteiger partial charge in [-0.1, -0.05) is 34.8 Å². The Labute approximate surface area is 62.8 Å². The fourth-order valence-corrected chi connectivity index (χ4v) is 0.406. The Balaban J connectivity index is 3.11. The van der Waals surface area contributed by atoms with E-state index < -0.39 is 3.79 Å². The maximum Gasteiger partial charge on any atom is 0.213 e. The summed E-state index contributed by atoms with van der Waals surface area (Å²) in [4.78, 5) is 0. The van der Waals surface area contributed by atoms with Crippen LogP contribution in [-0.4, -0.2) is 17.1 Å². The topological polar surface area (TPSA) is 35.2 Å². The van der Waals surface area contributed by atoms with Gasteiger partial charge in [-0.3, -0.25) is 0 Å². The molecule has 0 aromatic carbocycles. The first-order valence-corrected chi connectivity index (χ1v) is 3.04. The minimum absolute atomic E-state index is 0.0359. The van der Waals surface area contributed by atoms with Crippen molar-refractivity contribution in [3.63, 3.8) is 0 Å². The second-order valence-corrected chi connectivity index (χ2v) is 3.65. The fourth-order valence-electron chi connectivity index (χ4n) is 0.175. The number of nitrogens with two attached hydrogens (primary N) is 1. The minimum Gasteiger partial charge on any atom is -0.362 e. The molecular formula is C3H6Cl3NO. The van der Waals surface area contributed by atoms with Crippen LogP contribution in [0.15, 0.2) is 0 Å². The van der Waals surface area contributed by atoms with E-state index in [0.717, 1.165) is 0 Å². The Hall–Kier alpha value is 0.790. The highest BCUT2D eigenvalue weighted by Crippen LogP contribution is 2.25. The molecule has 0 aromatic rings. The first kappa shape index (κ1) is 8.79. The van der Waals surface area contributed by atoms with Gasteiger partial charge >= 0.3 is 0 Å². The van der Waals surface area contributed by atoms with Crippen LogP contribution in [0.2, 0.25) is 0 Å². The number of alkyl halides is 3. The van der Waals surface area contributed by atoms with Crippen LogP contribution in [0.1, 0.15) is 0 Å². The number of hydrogen-bond acceptors (Lipinski definition) is 2. The van der Waals surface area contributed by atoms with Crippen molar-refractivity contribution in [1.82, 2.24) is 0 Å². The zero-order valence-electron chi connectivity index (χ0n) is 4.03. The van der Waals surface area contributed by atoms with Gasteiger partial charge in [0.25, 0.3) is 0 Å². The van der Waals surface area contributed by atoms with Gasteiger partial charge in [-0.15, -0.1) is 0 Å². The molecule has 0 heterocycles. The lowest BCUT2D eigenvalue weighted by molar-refractivity contribution is 0.146. The van der Waals surface area contributed by atoms with Crippen molar-refractivity contribution in [3.05, 3.63) is 0 Å². The highest BCUT2D eigenvalue weighted by atomic mass is 35.6. The highest BCUT2D eigenvalue weighted by Gasteiger charge is 2.18. The van der Waals surface area contributed by atoms with Gasteiger partial charge in [-0.05, 0) is 0 Å². The largest absolute Gasteiger partial charge is 0.362 e. The van der Waals surface area contributed by atoms with Crippen LogP contribution in [0.3, 0.4) is 0 Å². The Bertz CT molecular complexity index is 62.0. The lowest BCUT2D eigenvalue weighted by atomic mass is 10.8. The van der Waals surface area contributed by atoms with Gasteiger partial charge in [0.1, 0.15) is 0 Å². The molecule has 0 saturated heterocycles. The third-order valence-corrected chi connectivity index (χ3v) is 0.711. The molecule has 0 rings (SSSR count). The van der Waals surface area contributed by atoms with E-state index in [1.54, 1.807) is 0 Å². The molecule has 8 heavy (non-hydrogen) atoms. The van der Waals surface area contributed by atoms with Crippen molar-refractivity contribution >= 4 is 34.8 Å². The summed E-state index contributed by atoms with van der Waals surface area (Å²) in [6, 6.07) is 0. The van der Waals surface area contributed by atoms with E-state index in [4.69, 9.17) is 40.5 Å². The lowest BCUT2D eigenvalue weighted by Crippen LogP contribution is -2.16. The summed E-state index contributed by atoms with van der Waals surface area (Å²) in [5.41, 5.74) is 4.94. The molecule has 0 spiro atoms. The first-order chi connectivity index (χ1) is 3.56. The van der Waals surface area contributed by atoms with E-state index in [1.165, 1.54) is 0 Å². The van der Waals surface area contributed by atoms with Gasteiger partial charge in [0, 0.05) is 0 Å². The molecule has 0 aliphatic carbocycles. The Morgan fingerprint density at radius 2 is 1.88 bits per heavy atom. The molecule has 0 radical (unpaired) electrons. The molecule has 0 bridgehead atoms. The first-order valence-electron chi connectivity index (χ1n) is 1.91. The van der Waals surface area contributed by atoms with Crippen LogP contribution in [0.25, 0.3) is 0 Å². The second-order valence-electron chi connectivity index (χ2n) is 1.13. The molecule has 0 amide bonds. The molecule has 2 N–H and O–H groups in total. The van der Waals surface area contributed by atoms with Gasteiger partial charge in [-0.25, -0.2) is 0 Å². The molecule has 0 aliphatic heterocycles. The van der Waals surface area contributed by atoms with Gasteiger partial charge in [0.15, 0.2) is 0 Å². The molecule has 50 valence electrons. The monoisotopic (exact) mass is 177 g/mol. The fraction of sp³-hybridized carbons (Fsp3) is 1.00. The van der Waals surface area contributed by atoms with Crippen molar-refractivity contribution < 1.29 is 4.74 Å². The van der Waals surface area contributed by atoms with E-state index in [1.807, 2.05) is 0 Å². The summed E-state index contributed by atoms with van der Waals surface area (Å²) < 4.78 is 3.25. The molecule has 0 fully saturated rings. The molecule has 0 atom stereocenters. The molecule has 2 nitrogen and oxygen atoms in total. The number of rotatable bonds is 2. The van der Waals surface area contributed by atoms with Crippen LogP contribution >= 0.6 is 34.8 Å². The minimum atomic E-state index is -1.33.